The Kier molecular flexibility index (Phi) is 5.33. The highest BCUT2D eigenvalue weighted by molar-refractivity contribution is 5.78. The fraction of sp³-hybridized carbons (Fsp3) is 0.765. The van der Waals surface area contributed by atoms with Gasteiger partial charge in [-0.05, 0) is 46.2 Å². The van der Waals surface area contributed by atoms with Crippen LogP contribution in [-0.4, -0.2) is 71.6 Å². The fourth-order valence-electron chi connectivity index (χ4n) is 3.55. The third-order valence-corrected chi connectivity index (χ3v) is 5.06. The van der Waals surface area contributed by atoms with E-state index in [9.17, 15) is 4.79 Å². The maximum Gasteiger partial charge on any atom is 0.236 e. The predicted octanol–water partition coefficient (Wildman–Crippen LogP) is 1.42. The van der Waals surface area contributed by atoms with Crippen LogP contribution < -0.4 is 0 Å². The van der Waals surface area contributed by atoms with E-state index >= 15 is 0 Å². The van der Waals surface area contributed by atoms with Gasteiger partial charge in [0.1, 0.15) is 5.76 Å². The summed E-state index contributed by atoms with van der Waals surface area (Å²) in [5.41, 5.74) is 2.21. The van der Waals surface area contributed by atoms with Gasteiger partial charge in [-0.25, -0.2) is 0 Å². The number of likely N-dealkylation sites (tertiary alicyclic amines) is 1. The van der Waals surface area contributed by atoms with Gasteiger partial charge in [-0.15, -0.1) is 0 Å². The van der Waals surface area contributed by atoms with E-state index in [1.54, 1.807) is 0 Å². The fourth-order valence-corrected chi connectivity index (χ4v) is 3.55. The first-order valence-electron chi connectivity index (χ1n) is 8.77. The van der Waals surface area contributed by atoms with Gasteiger partial charge in [0.15, 0.2) is 0 Å². The first-order chi connectivity index (χ1) is 11.1. The zero-order chi connectivity index (χ0) is 16.2. The van der Waals surface area contributed by atoms with Gasteiger partial charge in [0.2, 0.25) is 5.91 Å². The van der Waals surface area contributed by atoms with E-state index in [0.29, 0.717) is 12.5 Å². The first-order valence-corrected chi connectivity index (χ1v) is 8.77. The molecule has 0 saturated carbocycles. The molecule has 1 aromatic rings. The number of aromatic nitrogens is 1. The molecule has 0 bridgehead atoms. The standard InChI is InChI=1S/C17H28N4O2/c1-14-16(15(2)23-18-14)12-19-6-5-7-20(11-10-19)13-17(22)21-8-3-4-9-21/h3-13H2,1-2H3. The van der Waals surface area contributed by atoms with Crippen molar-refractivity contribution in [2.45, 2.75) is 39.7 Å². The molecule has 6 heteroatoms. The number of hydrogen-bond acceptors (Lipinski definition) is 5. The van der Waals surface area contributed by atoms with Crippen molar-refractivity contribution < 1.29 is 9.32 Å². The van der Waals surface area contributed by atoms with E-state index in [4.69, 9.17) is 4.52 Å². The third kappa shape index (κ3) is 4.12. The van der Waals surface area contributed by atoms with Gasteiger partial charge >= 0.3 is 0 Å². The van der Waals surface area contributed by atoms with Crippen LogP contribution in [0, 0.1) is 13.8 Å². The Morgan fingerprint density at radius 2 is 1.70 bits per heavy atom. The number of rotatable bonds is 4. The molecule has 2 fully saturated rings. The summed E-state index contributed by atoms with van der Waals surface area (Å²) in [6.07, 6.45) is 3.44. The maximum atomic E-state index is 12.3. The summed E-state index contributed by atoms with van der Waals surface area (Å²) in [6.45, 7) is 11.4. The van der Waals surface area contributed by atoms with Crippen molar-refractivity contribution in [1.29, 1.82) is 0 Å². The highest BCUT2D eigenvalue weighted by atomic mass is 16.5. The topological polar surface area (TPSA) is 52.8 Å². The smallest absolute Gasteiger partial charge is 0.236 e. The van der Waals surface area contributed by atoms with E-state index in [2.05, 4.69) is 15.0 Å². The van der Waals surface area contributed by atoms with Crippen LogP contribution >= 0.6 is 0 Å². The normalized spacial score (nSPS) is 20.9. The minimum atomic E-state index is 0.307. The van der Waals surface area contributed by atoms with Gasteiger partial charge in [0.05, 0.1) is 12.2 Å². The van der Waals surface area contributed by atoms with Crippen molar-refractivity contribution in [3.05, 3.63) is 17.0 Å². The molecule has 2 saturated heterocycles. The number of carbonyl (C=O) groups is 1. The van der Waals surface area contributed by atoms with Crippen molar-refractivity contribution in [1.82, 2.24) is 19.9 Å². The van der Waals surface area contributed by atoms with Crippen LogP contribution in [0.2, 0.25) is 0 Å². The molecule has 3 rings (SSSR count). The van der Waals surface area contributed by atoms with Crippen molar-refractivity contribution in [3.8, 4) is 0 Å². The predicted molar refractivity (Wildman–Crippen MR) is 88.1 cm³/mol. The average Bonchev–Trinajstić information content (AvgIpc) is 3.11. The summed E-state index contributed by atoms with van der Waals surface area (Å²) in [7, 11) is 0. The highest BCUT2D eigenvalue weighted by Crippen LogP contribution is 2.16. The Morgan fingerprint density at radius 1 is 1.00 bits per heavy atom. The van der Waals surface area contributed by atoms with Gasteiger partial charge in [-0.1, -0.05) is 5.16 Å². The van der Waals surface area contributed by atoms with E-state index < -0.39 is 0 Å². The van der Waals surface area contributed by atoms with Crippen LogP contribution in [0.15, 0.2) is 4.52 Å². The lowest BCUT2D eigenvalue weighted by Gasteiger charge is -2.23. The average molecular weight is 320 g/mol. The lowest BCUT2D eigenvalue weighted by molar-refractivity contribution is -0.131. The van der Waals surface area contributed by atoms with E-state index in [-0.39, 0.29) is 0 Å². The Labute approximate surface area is 138 Å². The van der Waals surface area contributed by atoms with E-state index in [0.717, 1.165) is 76.5 Å². The molecule has 0 spiro atoms. The molecular formula is C17H28N4O2. The molecule has 0 aromatic carbocycles. The monoisotopic (exact) mass is 320 g/mol. The van der Waals surface area contributed by atoms with Crippen LogP contribution in [-0.2, 0) is 11.3 Å². The second-order valence-corrected chi connectivity index (χ2v) is 6.80. The summed E-state index contributed by atoms with van der Waals surface area (Å²) in [6, 6.07) is 0. The van der Waals surface area contributed by atoms with Crippen molar-refractivity contribution in [2.75, 3.05) is 45.8 Å². The van der Waals surface area contributed by atoms with Gasteiger partial charge in [0.25, 0.3) is 0 Å². The molecule has 6 nitrogen and oxygen atoms in total. The second-order valence-electron chi connectivity index (χ2n) is 6.80. The third-order valence-electron chi connectivity index (χ3n) is 5.06. The van der Waals surface area contributed by atoms with Crippen LogP contribution in [0.3, 0.4) is 0 Å². The van der Waals surface area contributed by atoms with Gasteiger partial charge in [0, 0.05) is 38.3 Å². The molecule has 23 heavy (non-hydrogen) atoms. The van der Waals surface area contributed by atoms with Gasteiger partial charge < -0.3 is 9.42 Å². The first kappa shape index (κ1) is 16.5. The molecule has 2 aliphatic heterocycles. The van der Waals surface area contributed by atoms with Crippen molar-refractivity contribution >= 4 is 5.91 Å². The molecule has 1 amide bonds. The molecule has 0 unspecified atom stereocenters. The van der Waals surface area contributed by atoms with E-state index in [1.165, 1.54) is 5.56 Å². The molecule has 0 radical (unpaired) electrons. The summed E-state index contributed by atoms with van der Waals surface area (Å²) in [5, 5.41) is 4.04. The van der Waals surface area contributed by atoms with Crippen LogP contribution in [0.1, 0.15) is 36.3 Å². The summed E-state index contributed by atoms with van der Waals surface area (Å²) in [5.74, 6) is 1.23. The molecule has 128 valence electrons. The Morgan fingerprint density at radius 3 is 2.39 bits per heavy atom. The van der Waals surface area contributed by atoms with Gasteiger partial charge in [-0.2, -0.15) is 0 Å². The van der Waals surface area contributed by atoms with E-state index in [1.807, 2.05) is 18.7 Å². The molecule has 0 atom stereocenters. The Hall–Kier alpha value is -1.40. The van der Waals surface area contributed by atoms with Crippen molar-refractivity contribution in [3.63, 3.8) is 0 Å². The molecule has 0 N–H and O–H groups in total. The number of nitrogens with zero attached hydrogens (tertiary/aromatic N) is 4. The molecular weight excluding hydrogens is 292 g/mol. The van der Waals surface area contributed by atoms with Crippen LogP contribution in [0.4, 0.5) is 0 Å². The minimum absolute atomic E-state index is 0.307. The summed E-state index contributed by atoms with van der Waals surface area (Å²) < 4.78 is 5.26. The molecule has 1 aromatic heterocycles. The number of aryl methyl sites for hydroxylation is 2. The lowest BCUT2D eigenvalue weighted by atomic mass is 10.2. The zero-order valence-corrected chi connectivity index (χ0v) is 14.4. The Bertz CT molecular complexity index is 517. The minimum Gasteiger partial charge on any atom is -0.361 e. The number of amides is 1. The summed E-state index contributed by atoms with van der Waals surface area (Å²) in [4.78, 5) is 19.1. The second kappa shape index (κ2) is 7.45. The van der Waals surface area contributed by atoms with Crippen LogP contribution in [0.5, 0.6) is 0 Å². The molecule has 2 aliphatic rings. The zero-order valence-electron chi connectivity index (χ0n) is 14.4. The maximum absolute atomic E-state index is 12.3. The number of hydrogen-bond donors (Lipinski definition) is 0. The molecule has 0 aliphatic carbocycles. The quantitative estimate of drug-likeness (QED) is 0.840. The summed E-state index contributed by atoms with van der Waals surface area (Å²) >= 11 is 0. The molecule has 3 heterocycles. The van der Waals surface area contributed by atoms with Crippen LogP contribution in [0.25, 0.3) is 0 Å². The largest absolute Gasteiger partial charge is 0.361 e. The Balaban J connectivity index is 1.50. The SMILES string of the molecule is Cc1noc(C)c1CN1CCCN(CC(=O)N2CCCC2)CC1. The van der Waals surface area contributed by atoms with Gasteiger partial charge in [-0.3, -0.25) is 14.6 Å². The highest BCUT2D eigenvalue weighted by Gasteiger charge is 2.23. The lowest BCUT2D eigenvalue weighted by Crippen LogP contribution is -2.40. The van der Waals surface area contributed by atoms with Crippen molar-refractivity contribution in [2.24, 2.45) is 0 Å². The number of carbonyl (C=O) groups excluding carboxylic acids is 1.